The van der Waals surface area contributed by atoms with Crippen molar-refractivity contribution in [3.63, 3.8) is 0 Å². The van der Waals surface area contributed by atoms with Crippen molar-refractivity contribution in [1.29, 1.82) is 0 Å². The standard InChI is InChI=1S/C23H23BrN4O2S/c24-17-6-4-5-16(13-17)22-26-20(15-31-22)14-21(29)25-19-9-11-28(12-10-19)23(30)27-18-7-2-1-3-8-18/h1-8,13,15,19H,9-12,14H2,(H,25,29)(H,27,30). The minimum absolute atomic E-state index is 0.0294. The van der Waals surface area contributed by atoms with E-state index >= 15 is 0 Å². The van der Waals surface area contributed by atoms with Crippen molar-refractivity contribution in [2.24, 2.45) is 0 Å². The molecule has 1 saturated heterocycles. The number of rotatable bonds is 5. The Bertz CT molecular complexity index is 1050. The van der Waals surface area contributed by atoms with Crippen LogP contribution in [0.4, 0.5) is 10.5 Å². The van der Waals surface area contributed by atoms with E-state index in [4.69, 9.17) is 0 Å². The van der Waals surface area contributed by atoms with Crippen LogP contribution >= 0.6 is 27.3 Å². The minimum Gasteiger partial charge on any atom is -0.353 e. The average molecular weight is 499 g/mol. The second-order valence-corrected chi connectivity index (χ2v) is 9.23. The number of piperidine rings is 1. The van der Waals surface area contributed by atoms with Gasteiger partial charge in [-0.2, -0.15) is 0 Å². The Morgan fingerprint density at radius 3 is 2.61 bits per heavy atom. The average Bonchev–Trinajstić information content (AvgIpc) is 3.23. The lowest BCUT2D eigenvalue weighted by molar-refractivity contribution is -0.121. The Morgan fingerprint density at radius 2 is 1.87 bits per heavy atom. The van der Waals surface area contributed by atoms with Crippen molar-refractivity contribution in [3.8, 4) is 10.6 Å². The maximum absolute atomic E-state index is 12.5. The number of halogens is 1. The molecule has 0 saturated carbocycles. The number of anilines is 1. The Morgan fingerprint density at radius 1 is 1.10 bits per heavy atom. The molecule has 8 heteroatoms. The van der Waals surface area contributed by atoms with Gasteiger partial charge in [-0.05, 0) is 37.1 Å². The molecule has 1 aromatic heterocycles. The molecule has 0 bridgehead atoms. The summed E-state index contributed by atoms with van der Waals surface area (Å²) in [6.07, 6.45) is 1.75. The number of hydrogen-bond acceptors (Lipinski definition) is 4. The maximum atomic E-state index is 12.5. The molecule has 0 aliphatic carbocycles. The van der Waals surface area contributed by atoms with Gasteiger partial charge < -0.3 is 15.5 Å². The summed E-state index contributed by atoms with van der Waals surface area (Å²) < 4.78 is 1.00. The van der Waals surface area contributed by atoms with Crippen LogP contribution in [-0.2, 0) is 11.2 Å². The molecule has 2 N–H and O–H groups in total. The van der Waals surface area contributed by atoms with Gasteiger partial charge in [0.25, 0.3) is 0 Å². The molecule has 0 radical (unpaired) electrons. The molecule has 3 amide bonds. The number of carbonyl (C=O) groups is 2. The summed E-state index contributed by atoms with van der Waals surface area (Å²) in [5, 5.41) is 8.84. The summed E-state index contributed by atoms with van der Waals surface area (Å²) in [6.45, 7) is 1.24. The first kappa shape index (κ1) is 21.5. The van der Waals surface area contributed by atoms with Crippen LogP contribution in [0.25, 0.3) is 10.6 Å². The van der Waals surface area contributed by atoms with E-state index in [1.54, 1.807) is 16.2 Å². The number of aromatic nitrogens is 1. The summed E-state index contributed by atoms with van der Waals surface area (Å²) in [6, 6.07) is 17.4. The maximum Gasteiger partial charge on any atom is 0.321 e. The highest BCUT2D eigenvalue weighted by Gasteiger charge is 2.24. The van der Waals surface area contributed by atoms with E-state index in [9.17, 15) is 9.59 Å². The summed E-state index contributed by atoms with van der Waals surface area (Å²) in [7, 11) is 0. The fourth-order valence-corrected chi connectivity index (χ4v) is 4.75. The predicted octanol–water partition coefficient (Wildman–Crippen LogP) is 4.93. The topological polar surface area (TPSA) is 74.3 Å². The molecule has 31 heavy (non-hydrogen) atoms. The Kier molecular flexibility index (Phi) is 6.99. The Balaban J connectivity index is 1.24. The van der Waals surface area contributed by atoms with Crippen LogP contribution in [0.5, 0.6) is 0 Å². The van der Waals surface area contributed by atoms with Crippen LogP contribution in [0.3, 0.4) is 0 Å². The summed E-state index contributed by atoms with van der Waals surface area (Å²) in [5.41, 5.74) is 2.60. The number of likely N-dealkylation sites (tertiary alicyclic amines) is 1. The van der Waals surface area contributed by atoms with Crippen molar-refractivity contribution in [1.82, 2.24) is 15.2 Å². The molecule has 2 heterocycles. The van der Waals surface area contributed by atoms with E-state index in [0.717, 1.165) is 39.3 Å². The summed E-state index contributed by atoms with van der Waals surface area (Å²) in [5.74, 6) is -0.0294. The molecule has 3 aromatic rings. The summed E-state index contributed by atoms with van der Waals surface area (Å²) >= 11 is 5.02. The fraction of sp³-hybridized carbons (Fsp3) is 0.261. The fourth-order valence-electron chi connectivity index (χ4n) is 3.54. The number of nitrogens with one attached hydrogen (secondary N) is 2. The zero-order chi connectivity index (χ0) is 21.6. The second-order valence-electron chi connectivity index (χ2n) is 7.46. The van der Waals surface area contributed by atoms with E-state index in [1.807, 2.05) is 60.0 Å². The van der Waals surface area contributed by atoms with Crippen molar-refractivity contribution in [3.05, 3.63) is 70.1 Å². The first-order valence-corrected chi connectivity index (χ1v) is 11.8. The molecule has 2 aromatic carbocycles. The number of carbonyl (C=O) groups excluding carboxylic acids is 2. The molecule has 160 valence electrons. The minimum atomic E-state index is -0.0986. The van der Waals surface area contributed by atoms with Gasteiger partial charge in [-0.3, -0.25) is 4.79 Å². The third-order valence-electron chi connectivity index (χ3n) is 5.14. The third kappa shape index (κ3) is 5.92. The van der Waals surface area contributed by atoms with E-state index in [-0.39, 0.29) is 24.4 Å². The molecular weight excluding hydrogens is 476 g/mol. The summed E-state index contributed by atoms with van der Waals surface area (Å²) in [4.78, 5) is 31.3. The van der Waals surface area contributed by atoms with Crippen LogP contribution in [0.15, 0.2) is 64.5 Å². The van der Waals surface area contributed by atoms with Gasteiger partial charge in [0.1, 0.15) is 5.01 Å². The third-order valence-corrected chi connectivity index (χ3v) is 6.57. The van der Waals surface area contributed by atoms with E-state index in [0.29, 0.717) is 13.1 Å². The number of para-hydroxylation sites is 1. The number of thiazole rings is 1. The smallest absolute Gasteiger partial charge is 0.321 e. The monoisotopic (exact) mass is 498 g/mol. The van der Waals surface area contributed by atoms with Gasteiger partial charge in [0.15, 0.2) is 0 Å². The van der Waals surface area contributed by atoms with Crippen molar-refractivity contribution < 1.29 is 9.59 Å². The highest BCUT2D eigenvalue weighted by Crippen LogP contribution is 2.26. The second kappa shape index (κ2) is 10.1. The molecule has 0 unspecified atom stereocenters. The van der Waals surface area contributed by atoms with Crippen LogP contribution < -0.4 is 10.6 Å². The lowest BCUT2D eigenvalue weighted by Crippen LogP contribution is -2.48. The molecular formula is C23H23BrN4O2S. The molecule has 6 nitrogen and oxygen atoms in total. The first-order chi connectivity index (χ1) is 15.1. The zero-order valence-corrected chi connectivity index (χ0v) is 19.3. The van der Waals surface area contributed by atoms with E-state index in [1.165, 1.54) is 0 Å². The van der Waals surface area contributed by atoms with Gasteiger partial charge >= 0.3 is 6.03 Å². The van der Waals surface area contributed by atoms with Crippen molar-refractivity contribution >= 4 is 44.9 Å². The number of nitrogens with zero attached hydrogens (tertiary/aromatic N) is 2. The van der Waals surface area contributed by atoms with E-state index in [2.05, 4.69) is 31.5 Å². The van der Waals surface area contributed by atoms with Gasteiger partial charge in [-0.15, -0.1) is 11.3 Å². The number of amides is 3. The largest absolute Gasteiger partial charge is 0.353 e. The van der Waals surface area contributed by atoms with Gasteiger partial charge in [0.05, 0.1) is 12.1 Å². The lowest BCUT2D eigenvalue weighted by atomic mass is 10.1. The molecule has 0 spiro atoms. The molecule has 1 aliphatic rings. The Labute approximate surface area is 193 Å². The normalized spacial score (nSPS) is 14.3. The molecule has 1 fully saturated rings. The van der Waals surface area contributed by atoms with Crippen LogP contribution in [0.1, 0.15) is 18.5 Å². The molecule has 1 aliphatic heterocycles. The van der Waals surface area contributed by atoms with Gasteiger partial charge in [0, 0.05) is 40.2 Å². The highest BCUT2D eigenvalue weighted by atomic mass is 79.9. The zero-order valence-electron chi connectivity index (χ0n) is 16.9. The highest BCUT2D eigenvalue weighted by molar-refractivity contribution is 9.10. The quantitative estimate of drug-likeness (QED) is 0.523. The van der Waals surface area contributed by atoms with Gasteiger partial charge in [-0.25, -0.2) is 9.78 Å². The molecule has 0 atom stereocenters. The van der Waals surface area contributed by atoms with Crippen molar-refractivity contribution in [2.75, 3.05) is 18.4 Å². The number of hydrogen-bond donors (Lipinski definition) is 2. The predicted molar refractivity (Wildman–Crippen MR) is 127 cm³/mol. The van der Waals surface area contributed by atoms with E-state index < -0.39 is 0 Å². The van der Waals surface area contributed by atoms with Crippen LogP contribution in [0, 0.1) is 0 Å². The number of urea groups is 1. The van der Waals surface area contributed by atoms with Crippen LogP contribution in [-0.4, -0.2) is 41.0 Å². The lowest BCUT2D eigenvalue weighted by Gasteiger charge is -2.32. The van der Waals surface area contributed by atoms with Gasteiger partial charge in [0.2, 0.25) is 5.91 Å². The molecule has 4 rings (SSSR count). The Hall–Kier alpha value is -2.71. The SMILES string of the molecule is O=C(Cc1csc(-c2cccc(Br)c2)n1)NC1CCN(C(=O)Nc2ccccc2)CC1. The van der Waals surface area contributed by atoms with Crippen LogP contribution in [0.2, 0.25) is 0 Å². The first-order valence-electron chi connectivity index (χ1n) is 10.2. The number of benzene rings is 2. The van der Waals surface area contributed by atoms with Crippen molar-refractivity contribution in [2.45, 2.75) is 25.3 Å². The van der Waals surface area contributed by atoms with Gasteiger partial charge in [-0.1, -0.05) is 46.3 Å².